The third-order valence-electron chi connectivity index (χ3n) is 4.65. The van der Waals surface area contributed by atoms with Gasteiger partial charge in [0.05, 0.1) is 11.4 Å². The molecule has 0 amide bonds. The second-order valence-electron chi connectivity index (χ2n) is 7.09. The van der Waals surface area contributed by atoms with Gasteiger partial charge in [0.15, 0.2) is 0 Å². The minimum atomic E-state index is -3.91. The molecule has 1 aliphatic rings. The number of aliphatic hydroxyl groups is 1. The Labute approximate surface area is 139 Å². The number of hydrogen-bond donors (Lipinski definition) is 2. The van der Waals surface area contributed by atoms with Gasteiger partial charge in [-0.05, 0) is 51.1 Å². The first-order valence-electron chi connectivity index (χ1n) is 8.10. The number of hydrogen-bond acceptors (Lipinski definition) is 4. The molecule has 1 aromatic rings. The zero-order chi connectivity index (χ0) is 17.1. The molecule has 0 aliphatic carbocycles. The van der Waals surface area contributed by atoms with E-state index in [4.69, 9.17) is 4.55 Å². The number of benzene rings is 1. The smallest absolute Gasteiger partial charge is 0.264 e. The summed E-state index contributed by atoms with van der Waals surface area (Å²) in [5.41, 5.74) is 0.351. The van der Waals surface area contributed by atoms with Gasteiger partial charge in [-0.1, -0.05) is 30.3 Å². The predicted octanol–water partition coefficient (Wildman–Crippen LogP) is 2.32. The normalized spacial score (nSPS) is 23.8. The summed E-state index contributed by atoms with van der Waals surface area (Å²) in [6.45, 7) is 5.21. The molecule has 5 nitrogen and oxygen atoms in total. The van der Waals surface area contributed by atoms with Gasteiger partial charge in [-0.15, -0.1) is 0 Å². The molecular weight excluding hydrogens is 314 g/mol. The third-order valence-corrected chi connectivity index (χ3v) is 5.40. The van der Waals surface area contributed by atoms with Crippen LogP contribution in [-0.2, 0) is 16.7 Å². The van der Waals surface area contributed by atoms with Crippen LogP contribution in [0.2, 0.25) is 0 Å². The van der Waals surface area contributed by atoms with Gasteiger partial charge in [0.1, 0.15) is 0 Å². The first-order valence-corrected chi connectivity index (χ1v) is 9.71. The summed E-state index contributed by atoms with van der Waals surface area (Å²) >= 11 is 0. The van der Waals surface area contributed by atoms with E-state index in [1.54, 1.807) is 13.8 Å². The Morgan fingerprint density at radius 2 is 1.91 bits per heavy atom. The summed E-state index contributed by atoms with van der Waals surface area (Å²) in [5.74, 6) is 0.00920. The summed E-state index contributed by atoms with van der Waals surface area (Å²) in [6, 6.07) is 10.1. The van der Waals surface area contributed by atoms with Crippen LogP contribution in [0.4, 0.5) is 0 Å². The number of likely N-dealkylation sites (tertiary alicyclic amines) is 1. The number of piperidine rings is 1. The first kappa shape index (κ1) is 18.4. The van der Waals surface area contributed by atoms with Gasteiger partial charge in [-0.3, -0.25) is 9.45 Å². The van der Waals surface area contributed by atoms with Gasteiger partial charge < -0.3 is 5.11 Å². The van der Waals surface area contributed by atoms with Crippen LogP contribution in [0.25, 0.3) is 0 Å². The molecule has 1 saturated heterocycles. The molecule has 1 aromatic carbocycles. The van der Waals surface area contributed by atoms with Crippen LogP contribution in [0, 0.1) is 5.92 Å². The molecule has 2 atom stereocenters. The van der Waals surface area contributed by atoms with Crippen LogP contribution in [0.15, 0.2) is 30.3 Å². The van der Waals surface area contributed by atoms with E-state index in [1.807, 2.05) is 18.2 Å². The topological polar surface area (TPSA) is 77.8 Å². The maximum Gasteiger partial charge on any atom is 0.264 e. The summed E-state index contributed by atoms with van der Waals surface area (Å²) in [5, 5.41) is 10.5. The zero-order valence-corrected chi connectivity index (χ0v) is 14.7. The fourth-order valence-corrected chi connectivity index (χ4v) is 4.04. The molecule has 1 fully saturated rings. The van der Waals surface area contributed by atoms with Crippen molar-refractivity contribution in [3.63, 3.8) is 0 Å². The number of rotatable bonds is 6. The zero-order valence-electron chi connectivity index (χ0n) is 13.9. The quantitative estimate of drug-likeness (QED) is 0.777. The second-order valence-corrected chi connectivity index (χ2v) is 8.66. The molecule has 0 bridgehead atoms. The van der Waals surface area contributed by atoms with E-state index in [-0.39, 0.29) is 17.7 Å². The molecule has 1 heterocycles. The Kier molecular flexibility index (Phi) is 5.84. The molecule has 0 saturated carbocycles. The Morgan fingerprint density at radius 1 is 1.26 bits per heavy atom. The molecule has 6 heteroatoms. The summed E-state index contributed by atoms with van der Waals surface area (Å²) in [7, 11) is -3.91. The van der Waals surface area contributed by atoms with Gasteiger partial charge in [-0.25, -0.2) is 0 Å². The van der Waals surface area contributed by atoms with Crippen LogP contribution in [0.1, 0.15) is 38.7 Å². The molecular formula is C17H27NO4S. The SMILES string of the molecule is CC(C)(O)C1CC(CCS(=O)(=O)O)CCN1Cc1ccccc1. The van der Waals surface area contributed by atoms with Gasteiger partial charge >= 0.3 is 0 Å². The Bertz CT molecular complexity index is 595. The van der Waals surface area contributed by atoms with Crippen molar-refractivity contribution < 1.29 is 18.1 Å². The molecule has 2 rings (SSSR count). The number of nitrogens with zero attached hydrogens (tertiary/aromatic N) is 1. The molecule has 0 spiro atoms. The molecule has 2 unspecified atom stereocenters. The largest absolute Gasteiger partial charge is 0.389 e. The lowest BCUT2D eigenvalue weighted by atomic mass is 9.81. The molecule has 0 aromatic heterocycles. The van der Waals surface area contributed by atoms with Crippen LogP contribution in [0.3, 0.4) is 0 Å². The fraction of sp³-hybridized carbons (Fsp3) is 0.647. The van der Waals surface area contributed by atoms with Crippen LogP contribution < -0.4 is 0 Å². The lowest BCUT2D eigenvalue weighted by Crippen LogP contribution is -2.53. The minimum Gasteiger partial charge on any atom is -0.389 e. The molecule has 130 valence electrons. The van der Waals surface area contributed by atoms with Gasteiger partial charge in [0.25, 0.3) is 10.1 Å². The Balaban J connectivity index is 2.04. The van der Waals surface area contributed by atoms with Crippen molar-refractivity contribution >= 4 is 10.1 Å². The van der Waals surface area contributed by atoms with Crippen LogP contribution in [0.5, 0.6) is 0 Å². The minimum absolute atomic E-state index is 0.0251. The highest BCUT2D eigenvalue weighted by Crippen LogP contribution is 2.32. The standard InChI is InChI=1S/C17H27NO4S/c1-17(2,19)16-12-14(9-11-23(20,21)22)8-10-18(16)13-15-6-4-3-5-7-15/h3-7,14,16,19H,8-13H2,1-2H3,(H,20,21,22). The fourth-order valence-electron chi connectivity index (χ4n) is 3.41. The monoisotopic (exact) mass is 341 g/mol. The van der Waals surface area contributed by atoms with E-state index < -0.39 is 15.7 Å². The maximum atomic E-state index is 11.0. The summed E-state index contributed by atoms with van der Waals surface area (Å²) in [4.78, 5) is 2.28. The summed E-state index contributed by atoms with van der Waals surface area (Å²) in [6.07, 6.45) is 2.07. The highest BCUT2D eigenvalue weighted by molar-refractivity contribution is 7.85. The average molecular weight is 341 g/mol. The van der Waals surface area contributed by atoms with Crippen LogP contribution in [-0.4, -0.2) is 46.9 Å². The average Bonchev–Trinajstić information content (AvgIpc) is 2.45. The Morgan fingerprint density at radius 3 is 2.48 bits per heavy atom. The maximum absolute atomic E-state index is 11.0. The van der Waals surface area contributed by atoms with Crippen molar-refractivity contribution in [1.29, 1.82) is 0 Å². The van der Waals surface area contributed by atoms with Crippen molar-refractivity contribution in [2.75, 3.05) is 12.3 Å². The molecule has 1 aliphatic heterocycles. The third kappa shape index (κ3) is 5.88. The van der Waals surface area contributed by atoms with E-state index in [2.05, 4.69) is 17.0 Å². The van der Waals surface area contributed by atoms with E-state index in [0.29, 0.717) is 6.42 Å². The Hall–Kier alpha value is -0.950. The van der Waals surface area contributed by atoms with Gasteiger partial charge in [-0.2, -0.15) is 8.42 Å². The summed E-state index contributed by atoms with van der Waals surface area (Å²) < 4.78 is 30.8. The molecule has 23 heavy (non-hydrogen) atoms. The van der Waals surface area contributed by atoms with Gasteiger partial charge in [0.2, 0.25) is 0 Å². The van der Waals surface area contributed by atoms with Crippen molar-refractivity contribution in [3.8, 4) is 0 Å². The van der Waals surface area contributed by atoms with Crippen molar-refractivity contribution in [3.05, 3.63) is 35.9 Å². The van der Waals surface area contributed by atoms with Crippen LogP contribution >= 0.6 is 0 Å². The van der Waals surface area contributed by atoms with E-state index in [9.17, 15) is 13.5 Å². The molecule has 2 N–H and O–H groups in total. The van der Waals surface area contributed by atoms with Crippen molar-refractivity contribution in [1.82, 2.24) is 4.90 Å². The van der Waals surface area contributed by atoms with Gasteiger partial charge in [0, 0.05) is 12.6 Å². The van der Waals surface area contributed by atoms with E-state index in [0.717, 1.165) is 25.9 Å². The second kappa shape index (κ2) is 7.30. The molecule has 0 radical (unpaired) electrons. The van der Waals surface area contributed by atoms with Crippen molar-refractivity contribution in [2.24, 2.45) is 5.92 Å². The highest BCUT2D eigenvalue weighted by atomic mass is 32.2. The van der Waals surface area contributed by atoms with E-state index >= 15 is 0 Å². The lowest BCUT2D eigenvalue weighted by Gasteiger charge is -2.45. The lowest BCUT2D eigenvalue weighted by molar-refractivity contribution is -0.0520. The predicted molar refractivity (Wildman–Crippen MR) is 90.7 cm³/mol. The first-order chi connectivity index (χ1) is 10.6. The van der Waals surface area contributed by atoms with Crippen molar-refractivity contribution in [2.45, 2.75) is 51.3 Å². The van der Waals surface area contributed by atoms with E-state index in [1.165, 1.54) is 5.56 Å². The highest BCUT2D eigenvalue weighted by Gasteiger charge is 2.37.